The summed E-state index contributed by atoms with van der Waals surface area (Å²) in [4.78, 5) is 10.5. The number of fused-ring (bicyclic) bond motifs is 9. The van der Waals surface area contributed by atoms with E-state index in [1.165, 1.54) is 33.1 Å². The van der Waals surface area contributed by atoms with Gasteiger partial charge in [-0.15, -0.1) is 0 Å². The average molecular weight is 652 g/mol. The first-order valence-corrected chi connectivity index (χ1v) is 17.3. The molecule has 4 aromatic heterocycles. The second-order valence-corrected chi connectivity index (χ2v) is 13.1. The van der Waals surface area contributed by atoms with E-state index in [0.29, 0.717) is 5.95 Å². The van der Waals surface area contributed by atoms with Gasteiger partial charge in [-0.25, -0.2) is 9.97 Å². The normalized spacial score (nSPS) is 11.9. The molecule has 7 aromatic carbocycles. The molecule has 0 bridgehead atoms. The highest BCUT2D eigenvalue weighted by Gasteiger charge is 2.20. The van der Waals surface area contributed by atoms with Crippen molar-refractivity contribution >= 4 is 60.3 Å². The molecule has 0 unspecified atom stereocenters. The summed E-state index contributed by atoms with van der Waals surface area (Å²) in [6.07, 6.45) is 0. The highest BCUT2D eigenvalue weighted by atomic mass is 15.2. The zero-order chi connectivity index (χ0) is 33.5. The predicted octanol–water partition coefficient (Wildman–Crippen LogP) is 11.4. The third kappa shape index (κ3) is 4.15. The van der Waals surface area contributed by atoms with Gasteiger partial charge in [0.05, 0.1) is 38.8 Å². The van der Waals surface area contributed by atoms with Gasteiger partial charge in [-0.3, -0.25) is 13.5 Å². The van der Waals surface area contributed by atoms with Crippen molar-refractivity contribution < 1.29 is 0 Å². The molecule has 0 saturated heterocycles. The van der Waals surface area contributed by atoms with Crippen LogP contribution in [0.25, 0.3) is 94.3 Å². The van der Waals surface area contributed by atoms with Gasteiger partial charge in [-0.1, -0.05) is 121 Å². The summed E-state index contributed by atoms with van der Waals surface area (Å²) in [6.45, 7) is 0. The molecule has 0 spiro atoms. The van der Waals surface area contributed by atoms with Crippen LogP contribution >= 0.6 is 0 Å². The lowest BCUT2D eigenvalue weighted by molar-refractivity contribution is 1.01. The molecule has 238 valence electrons. The Morgan fingerprint density at radius 1 is 0.373 bits per heavy atom. The van der Waals surface area contributed by atoms with Crippen LogP contribution in [-0.2, 0) is 0 Å². The average Bonchev–Trinajstić information content (AvgIpc) is 3.84. The van der Waals surface area contributed by atoms with Gasteiger partial charge in [-0.2, -0.15) is 0 Å². The summed E-state index contributed by atoms with van der Waals surface area (Å²) in [5, 5.41) is 4.57. The molecule has 0 atom stereocenters. The third-order valence-electron chi connectivity index (χ3n) is 10.3. The summed E-state index contributed by atoms with van der Waals surface area (Å²) in [5.74, 6) is 0.654. The van der Waals surface area contributed by atoms with E-state index >= 15 is 0 Å². The van der Waals surface area contributed by atoms with Crippen LogP contribution in [0.5, 0.6) is 0 Å². The van der Waals surface area contributed by atoms with E-state index < -0.39 is 0 Å². The van der Waals surface area contributed by atoms with Crippen LogP contribution in [-0.4, -0.2) is 23.5 Å². The summed E-state index contributed by atoms with van der Waals surface area (Å²) in [5.41, 5.74) is 13.2. The molecule has 51 heavy (non-hydrogen) atoms. The number of hydrogen-bond acceptors (Lipinski definition) is 2. The van der Waals surface area contributed by atoms with Crippen LogP contribution in [0.4, 0.5) is 0 Å². The molecular formula is C46H29N5. The second kappa shape index (κ2) is 10.8. The maximum Gasteiger partial charge on any atom is 0.235 e. The molecule has 4 heterocycles. The van der Waals surface area contributed by atoms with Crippen LogP contribution in [0.15, 0.2) is 176 Å². The quantitative estimate of drug-likeness (QED) is 0.190. The fourth-order valence-corrected chi connectivity index (χ4v) is 7.95. The molecule has 0 radical (unpaired) electrons. The highest BCUT2D eigenvalue weighted by Crippen LogP contribution is 2.37. The first-order chi connectivity index (χ1) is 25.3. The maximum atomic E-state index is 5.34. The van der Waals surface area contributed by atoms with Crippen molar-refractivity contribution in [2.75, 3.05) is 0 Å². The minimum atomic E-state index is 0.654. The summed E-state index contributed by atoms with van der Waals surface area (Å²) in [7, 11) is 0. The Morgan fingerprint density at radius 2 is 1.00 bits per heavy atom. The number of benzene rings is 7. The topological polar surface area (TPSA) is 40.0 Å². The first kappa shape index (κ1) is 27.9. The molecule has 11 rings (SSSR count). The number of aromatic nitrogens is 5. The number of nitrogens with zero attached hydrogens (tertiary/aromatic N) is 5. The van der Waals surface area contributed by atoms with Crippen molar-refractivity contribution in [1.82, 2.24) is 23.5 Å². The van der Waals surface area contributed by atoms with E-state index in [0.717, 1.165) is 55.3 Å². The van der Waals surface area contributed by atoms with Gasteiger partial charge in [0.2, 0.25) is 5.95 Å². The van der Waals surface area contributed by atoms with E-state index in [9.17, 15) is 0 Å². The zero-order valence-corrected chi connectivity index (χ0v) is 27.5. The van der Waals surface area contributed by atoms with Crippen molar-refractivity contribution in [2.24, 2.45) is 0 Å². The summed E-state index contributed by atoms with van der Waals surface area (Å²) in [6, 6.07) is 62.4. The van der Waals surface area contributed by atoms with Gasteiger partial charge in [-0.05, 0) is 65.7 Å². The van der Waals surface area contributed by atoms with Crippen molar-refractivity contribution in [2.45, 2.75) is 0 Å². The number of para-hydroxylation sites is 5. The smallest absolute Gasteiger partial charge is 0.235 e. The van der Waals surface area contributed by atoms with E-state index in [1.54, 1.807) is 0 Å². The van der Waals surface area contributed by atoms with E-state index in [1.807, 2.05) is 12.1 Å². The second-order valence-electron chi connectivity index (χ2n) is 13.1. The Morgan fingerprint density at radius 3 is 1.84 bits per heavy atom. The largest absolute Gasteiger partial charge is 0.294 e. The number of hydrogen-bond donors (Lipinski definition) is 0. The molecule has 5 heteroatoms. The van der Waals surface area contributed by atoms with Gasteiger partial charge < -0.3 is 0 Å². The third-order valence-corrected chi connectivity index (χ3v) is 10.3. The molecule has 0 aliphatic carbocycles. The summed E-state index contributed by atoms with van der Waals surface area (Å²) < 4.78 is 6.97. The fourth-order valence-electron chi connectivity index (χ4n) is 7.95. The van der Waals surface area contributed by atoms with Gasteiger partial charge in [0, 0.05) is 32.8 Å². The highest BCUT2D eigenvalue weighted by molar-refractivity contribution is 6.10. The van der Waals surface area contributed by atoms with Crippen LogP contribution < -0.4 is 0 Å². The number of imidazole rings is 1. The van der Waals surface area contributed by atoms with Gasteiger partial charge in [0.25, 0.3) is 0 Å². The van der Waals surface area contributed by atoms with Crippen LogP contribution in [0.2, 0.25) is 0 Å². The zero-order valence-electron chi connectivity index (χ0n) is 27.5. The van der Waals surface area contributed by atoms with Crippen molar-refractivity contribution in [3.63, 3.8) is 0 Å². The molecule has 0 aliphatic rings. The fraction of sp³-hybridized carbons (Fsp3) is 0. The van der Waals surface area contributed by atoms with Crippen LogP contribution in [0, 0.1) is 0 Å². The standard InChI is InChI=1S/C46H29N5/c1-2-12-30(13-3-1)31-22-24-32(25-23-31)45-36-16-5-7-17-38(36)47-46(48-45)51-40-19-9-6-15-35(40)37-29-34(26-27-41(37)51)49-42-20-10-11-21-43(42)50-39-18-8-4-14-33(39)28-44(49)50/h1-29H. The minimum Gasteiger partial charge on any atom is -0.294 e. The lowest BCUT2D eigenvalue weighted by atomic mass is 10.0. The molecule has 0 amide bonds. The maximum absolute atomic E-state index is 5.34. The molecule has 0 aliphatic heterocycles. The van der Waals surface area contributed by atoms with Crippen molar-refractivity contribution in [3.05, 3.63) is 176 Å². The molecule has 0 N–H and O–H groups in total. The Kier molecular flexibility index (Phi) is 5.89. The number of rotatable bonds is 4. The van der Waals surface area contributed by atoms with E-state index in [4.69, 9.17) is 9.97 Å². The Labute approximate surface area is 292 Å². The first-order valence-electron chi connectivity index (χ1n) is 17.3. The minimum absolute atomic E-state index is 0.654. The van der Waals surface area contributed by atoms with Gasteiger partial charge in [0.15, 0.2) is 0 Å². The Balaban J connectivity index is 1.13. The summed E-state index contributed by atoms with van der Waals surface area (Å²) >= 11 is 0. The van der Waals surface area contributed by atoms with Crippen molar-refractivity contribution in [3.8, 4) is 34.0 Å². The van der Waals surface area contributed by atoms with E-state index in [2.05, 4.69) is 177 Å². The SMILES string of the molecule is c1ccc(-c2ccc(-c3nc(-n4c5ccccc5c5cc(-n6c7ccccc7n7c8ccccc8cc67)ccc54)nc4ccccc34)cc2)cc1. The van der Waals surface area contributed by atoms with Crippen LogP contribution in [0.3, 0.4) is 0 Å². The van der Waals surface area contributed by atoms with E-state index in [-0.39, 0.29) is 0 Å². The molecular weight excluding hydrogens is 623 g/mol. The van der Waals surface area contributed by atoms with Crippen LogP contribution in [0.1, 0.15) is 0 Å². The Bertz CT molecular complexity index is 3130. The predicted molar refractivity (Wildman–Crippen MR) is 210 cm³/mol. The lowest BCUT2D eigenvalue weighted by Gasteiger charge is -2.12. The molecule has 11 aromatic rings. The van der Waals surface area contributed by atoms with Gasteiger partial charge >= 0.3 is 0 Å². The van der Waals surface area contributed by atoms with Crippen molar-refractivity contribution in [1.29, 1.82) is 0 Å². The molecule has 0 saturated carbocycles. The molecule has 5 nitrogen and oxygen atoms in total. The molecule has 0 fully saturated rings. The lowest BCUT2D eigenvalue weighted by Crippen LogP contribution is -2.03. The Hall–Kier alpha value is -6.98. The monoisotopic (exact) mass is 651 g/mol. The van der Waals surface area contributed by atoms with Gasteiger partial charge in [0.1, 0.15) is 5.65 Å².